The van der Waals surface area contributed by atoms with Crippen LogP contribution in [0.3, 0.4) is 0 Å². The van der Waals surface area contributed by atoms with Crippen LogP contribution < -0.4 is 9.62 Å². The molecule has 0 bridgehead atoms. The van der Waals surface area contributed by atoms with Crippen molar-refractivity contribution in [2.24, 2.45) is 0 Å². The van der Waals surface area contributed by atoms with Crippen LogP contribution in [0.4, 0.5) is 5.82 Å². The summed E-state index contributed by atoms with van der Waals surface area (Å²) in [7, 11) is -3.42. The molecule has 1 aromatic heterocycles. The van der Waals surface area contributed by atoms with Gasteiger partial charge in [0.15, 0.2) is 0 Å². The third-order valence-electron chi connectivity index (χ3n) is 3.97. The standard InChI is InChI=1S/C17H22N4O2S/c1-14-11-17(21-9-5-6-10-21)20-16(19-14)12-18-24(22,23)13-15-7-3-2-4-8-15/h2-4,7-8,11,18H,5-6,9-10,12-13H2,1H3. The second-order valence-corrected chi connectivity index (χ2v) is 7.85. The number of hydrogen-bond acceptors (Lipinski definition) is 5. The highest BCUT2D eigenvalue weighted by molar-refractivity contribution is 7.88. The molecule has 3 rings (SSSR count). The first-order valence-corrected chi connectivity index (χ1v) is 9.78. The first-order chi connectivity index (χ1) is 11.5. The zero-order valence-corrected chi connectivity index (χ0v) is 14.6. The first kappa shape index (κ1) is 16.9. The predicted octanol–water partition coefficient (Wildman–Crippen LogP) is 2.00. The van der Waals surface area contributed by atoms with Crippen LogP contribution in [0.5, 0.6) is 0 Å². The highest BCUT2D eigenvalue weighted by Crippen LogP contribution is 2.18. The number of nitrogens with zero attached hydrogens (tertiary/aromatic N) is 3. The van der Waals surface area contributed by atoms with E-state index >= 15 is 0 Å². The Hall–Kier alpha value is -1.99. The van der Waals surface area contributed by atoms with E-state index in [0.717, 1.165) is 30.2 Å². The van der Waals surface area contributed by atoms with E-state index in [9.17, 15) is 8.42 Å². The summed E-state index contributed by atoms with van der Waals surface area (Å²) in [5.41, 5.74) is 1.61. The molecule has 0 aliphatic carbocycles. The molecule has 0 amide bonds. The Kier molecular flexibility index (Phi) is 5.11. The van der Waals surface area contributed by atoms with Gasteiger partial charge >= 0.3 is 0 Å². The van der Waals surface area contributed by atoms with Gasteiger partial charge in [0, 0.05) is 24.8 Å². The fourth-order valence-electron chi connectivity index (χ4n) is 2.82. The molecule has 1 aliphatic heterocycles. The number of anilines is 1. The summed E-state index contributed by atoms with van der Waals surface area (Å²) >= 11 is 0. The number of benzene rings is 1. The van der Waals surface area contributed by atoms with Crippen LogP contribution >= 0.6 is 0 Å². The van der Waals surface area contributed by atoms with E-state index in [4.69, 9.17) is 0 Å². The summed E-state index contributed by atoms with van der Waals surface area (Å²) in [6, 6.07) is 11.1. The normalized spacial score (nSPS) is 15.0. The van der Waals surface area contributed by atoms with E-state index in [1.165, 1.54) is 12.8 Å². The Morgan fingerprint density at radius 2 is 1.83 bits per heavy atom. The van der Waals surface area contributed by atoms with Gasteiger partial charge in [-0.1, -0.05) is 30.3 Å². The summed E-state index contributed by atoms with van der Waals surface area (Å²) in [6.07, 6.45) is 2.34. The largest absolute Gasteiger partial charge is 0.357 e. The van der Waals surface area contributed by atoms with Crippen LogP contribution in [0, 0.1) is 6.92 Å². The van der Waals surface area contributed by atoms with Gasteiger partial charge in [0.05, 0.1) is 12.3 Å². The molecule has 0 unspecified atom stereocenters. The zero-order valence-electron chi connectivity index (χ0n) is 13.8. The van der Waals surface area contributed by atoms with Crippen LogP contribution in [0.25, 0.3) is 0 Å². The Morgan fingerprint density at radius 1 is 1.12 bits per heavy atom. The van der Waals surface area contributed by atoms with Crippen molar-refractivity contribution in [2.45, 2.75) is 32.1 Å². The van der Waals surface area contributed by atoms with Crippen molar-refractivity contribution in [3.05, 3.63) is 53.5 Å². The fourth-order valence-corrected chi connectivity index (χ4v) is 3.90. The highest BCUT2D eigenvalue weighted by Gasteiger charge is 2.16. The lowest BCUT2D eigenvalue weighted by atomic mass is 10.2. The van der Waals surface area contributed by atoms with Crippen LogP contribution in [0.1, 0.15) is 29.9 Å². The van der Waals surface area contributed by atoms with Gasteiger partial charge in [-0.25, -0.2) is 23.1 Å². The van der Waals surface area contributed by atoms with E-state index in [1.807, 2.05) is 31.2 Å². The molecule has 24 heavy (non-hydrogen) atoms. The van der Waals surface area contributed by atoms with E-state index in [2.05, 4.69) is 19.6 Å². The summed E-state index contributed by atoms with van der Waals surface area (Å²) in [6.45, 7) is 4.01. The number of nitrogens with one attached hydrogen (secondary N) is 1. The first-order valence-electron chi connectivity index (χ1n) is 8.13. The molecule has 2 heterocycles. The zero-order chi connectivity index (χ0) is 17.0. The minimum Gasteiger partial charge on any atom is -0.357 e. The highest BCUT2D eigenvalue weighted by atomic mass is 32.2. The second kappa shape index (κ2) is 7.27. The van der Waals surface area contributed by atoms with E-state index in [1.54, 1.807) is 12.1 Å². The van der Waals surface area contributed by atoms with Gasteiger partial charge in [-0.15, -0.1) is 0 Å². The Balaban J connectivity index is 1.67. The molecule has 1 N–H and O–H groups in total. The van der Waals surface area contributed by atoms with Crippen molar-refractivity contribution in [3.8, 4) is 0 Å². The molecule has 128 valence electrons. The molecular weight excluding hydrogens is 324 g/mol. The minimum atomic E-state index is -3.42. The number of aromatic nitrogens is 2. The Bertz CT molecular complexity index is 787. The van der Waals surface area contributed by atoms with Gasteiger partial charge in [0.25, 0.3) is 0 Å². The molecule has 0 saturated carbocycles. The maximum Gasteiger partial charge on any atom is 0.216 e. The quantitative estimate of drug-likeness (QED) is 0.866. The fraction of sp³-hybridized carbons (Fsp3) is 0.412. The van der Waals surface area contributed by atoms with Crippen LogP contribution in [0.2, 0.25) is 0 Å². The lowest BCUT2D eigenvalue weighted by Gasteiger charge is -2.17. The number of rotatable bonds is 6. The lowest BCUT2D eigenvalue weighted by molar-refractivity contribution is 0.578. The van der Waals surface area contributed by atoms with Gasteiger partial charge in [-0.2, -0.15) is 0 Å². The smallest absolute Gasteiger partial charge is 0.216 e. The minimum absolute atomic E-state index is 0.0430. The van der Waals surface area contributed by atoms with Gasteiger partial charge in [-0.05, 0) is 25.3 Å². The van der Waals surface area contributed by atoms with Crippen LogP contribution in [0.15, 0.2) is 36.4 Å². The summed E-state index contributed by atoms with van der Waals surface area (Å²) in [5.74, 6) is 1.35. The van der Waals surface area contributed by atoms with Crippen LogP contribution in [-0.4, -0.2) is 31.5 Å². The number of hydrogen-bond donors (Lipinski definition) is 1. The van der Waals surface area contributed by atoms with Crippen molar-refractivity contribution >= 4 is 15.8 Å². The topological polar surface area (TPSA) is 75.2 Å². The lowest BCUT2D eigenvalue weighted by Crippen LogP contribution is -2.27. The summed E-state index contributed by atoms with van der Waals surface area (Å²) in [5, 5.41) is 0. The van der Waals surface area contributed by atoms with Gasteiger partial charge in [0.1, 0.15) is 11.6 Å². The molecular formula is C17H22N4O2S. The van der Waals surface area contributed by atoms with Crippen molar-refractivity contribution in [1.29, 1.82) is 0 Å². The van der Waals surface area contributed by atoms with E-state index in [-0.39, 0.29) is 12.3 Å². The molecule has 7 heteroatoms. The molecule has 0 atom stereocenters. The molecule has 0 spiro atoms. The number of aryl methyl sites for hydroxylation is 1. The SMILES string of the molecule is Cc1cc(N2CCCC2)nc(CNS(=O)(=O)Cc2ccccc2)n1. The van der Waals surface area contributed by atoms with Crippen molar-refractivity contribution in [3.63, 3.8) is 0 Å². The second-order valence-electron chi connectivity index (χ2n) is 6.04. The molecule has 6 nitrogen and oxygen atoms in total. The third-order valence-corrected chi connectivity index (χ3v) is 5.26. The van der Waals surface area contributed by atoms with Crippen molar-refractivity contribution in [1.82, 2.24) is 14.7 Å². The van der Waals surface area contributed by atoms with E-state index in [0.29, 0.717) is 5.82 Å². The molecule has 0 radical (unpaired) electrons. The Labute approximate surface area is 143 Å². The molecule has 1 fully saturated rings. The molecule has 1 saturated heterocycles. The molecule has 1 aromatic carbocycles. The maximum absolute atomic E-state index is 12.2. The number of sulfonamides is 1. The Morgan fingerprint density at radius 3 is 2.54 bits per heavy atom. The van der Waals surface area contributed by atoms with Crippen LogP contribution in [-0.2, 0) is 22.3 Å². The van der Waals surface area contributed by atoms with Crippen molar-refractivity contribution in [2.75, 3.05) is 18.0 Å². The van der Waals surface area contributed by atoms with E-state index < -0.39 is 10.0 Å². The molecule has 2 aromatic rings. The van der Waals surface area contributed by atoms with Gasteiger partial charge < -0.3 is 4.90 Å². The predicted molar refractivity (Wildman–Crippen MR) is 94.1 cm³/mol. The average Bonchev–Trinajstić information content (AvgIpc) is 3.08. The molecule has 1 aliphatic rings. The monoisotopic (exact) mass is 346 g/mol. The van der Waals surface area contributed by atoms with Gasteiger partial charge in [-0.3, -0.25) is 0 Å². The third kappa shape index (κ3) is 4.52. The van der Waals surface area contributed by atoms with Crippen molar-refractivity contribution < 1.29 is 8.42 Å². The maximum atomic E-state index is 12.2. The summed E-state index contributed by atoms with van der Waals surface area (Å²) < 4.78 is 27.0. The average molecular weight is 346 g/mol. The summed E-state index contributed by atoms with van der Waals surface area (Å²) in [4.78, 5) is 11.1. The van der Waals surface area contributed by atoms with Gasteiger partial charge in [0.2, 0.25) is 10.0 Å².